The van der Waals surface area contributed by atoms with Crippen molar-refractivity contribution in [3.8, 4) is 0 Å². The summed E-state index contributed by atoms with van der Waals surface area (Å²) in [6.45, 7) is 1.15. The minimum Gasteiger partial charge on any atom is -0.450 e. The first-order chi connectivity index (χ1) is 5.21. The van der Waals surface area contributed by atoms with E-state index in [1.807, 2.05) is 0 Å². The number of hydrogen-bond donors (Lipinski definition) is 2. The lowest BCUT2D eigenvalue weighted by molar-refractivity contribution is -0.180. The number of carboxylic acid groups (broad SMARTS) is 2. The van der Waals surface area contributed by atoms with Gasteiger partial charge in [-0.2, -0.15) is 13.2 Å². The molecule has 0 heterocycles. The minimum atomic E-state index is -4.66. The average molecular weight is 192 g/mol. The van der Waals surface area contributed by atoms with Gasteiger partial charge in [0, 0.05) is 0 Å². The topological polar surface area (TPSA) is 57.5 Å². The second-order valence-corrected chi connectivity index (χ2v) is 1.70. The van der Waals surface area contributed by atoms with Gasteiger partial charge in [0.1, 0.15) is 0 Å². The maximum Gasteiger partial charge on any atom is 0.503 e. The summed E-state index contributed by atoms with van der Waals surface area (Å²) in [5, 5.41) is 13.9. The third kappa shape index (κ3) is 11.7. The smallest absolute Gasteiger partial charge is 0.450 e. The van der Waals surface area contributed by atoms with Crippen molar-refractivity contribution in [3.63, 3.8) is 0 Å². The number of hydrogen-bond acceptors (Lipinski definition) is 1. The van der Waals surface area contributed by atoms with E-state index in [9.17, 15) is 17.6 Å². The fourth-order valence-electron chi connectivity index (χ4n) is 0.231. The first kappa shape index (κ1) is 13.6. The van der Waals surface area contributed by atoms with Gasteiger partial charge in [-0.15, -0.1) is 0 Å². The molecule has 1 unspecified atom stereocenters. The van der Waals surface area contributed by atoms with Gasteiger partial charge >= 0.3 is 12.3 Å². The maximum absolute atomic E-state index is 11.5. The summed E-state index contributed by atoms with van der Waals surface area (Å²) in [6, 6.07) is 0. The molecule has 0 saturated heterocycles. The molecule has 0 aromatic rings. The van der Waals surface area contributed by atoms with E-state index >= 15 is 0 Å². The van der Waals surface area contributed by atoms with Crippen LogP contribution in [0.1, 0.15) is 13.3 Å². The van der Waals surface area contributed by atoms with Crippen molar-refractivity contribution in [3.05, 3.63) is 0 Å². The highest BCUT2D eigenvalue weighted by Gasteiger charge is 2.38. The van der Waals surface area contributed by atoms with E-state index in [0.29, 0.717) is 0 Å². The van der Waals surface area contributed by atoms with Crippen LogP contribution in [0, 0.1) is 0 Å². The lowest BCUT2D eigenvalue weighted by atomic mass is 10.3. The molecular weight excluding hydrogens is 184 g/mol. The molecule has 0 radical (unpaired) electrons. The lowest BCUT2D eigenvalue weighted by Gasteiger charge is -2.07. The van der Waals surface area contributed by atoms with Crippen LogP contribution in [0.15, 0.2) is 0 Å². The molecule has 0 aliphatic rings. The first-order valence-corrected chi connectivity index (χ1v) is 2.84. The highest BCUT2D eigenvalue weighted by molar-refractivity contribution is 5.53. The Morgan fingerprint density at radius 2 is 1.67 bits per heavy atom. The van der Waals surface area contributed by atoms with Crippen molar-refractivity contribution in [2.24, 2.45) is 0 Å². The van der Waals surface area contributed by atoms with Crippen molar-refractivity contribution >= 4 is 6.16 Å². The fraction of sp³-hybridized carbons (Fsp3) is 0.800. The summed E-state index contributed by atoms with van der Waals surface area (Å²) in [7, 11) is 0. The maximum atomic E-state index is 11.5. The Labute approximate surface area is 65.6 Å². The molecular formula is C5H8F4O3. The van der Waals surface area contributed by atoms with Gasteiger partial charge in [0.05, 0.1) is 0 Å². The standard InChI is InChI=1S/C4H6F4.CH2O3/c1-2-3(5)4(6,7)8;2-1(3)4/h3H,2H2,1H3;(H2,2,3,4). The third-order valence-corrected chi connectivity index (χ3v) is 0.714. The summed E-state index contributed by atoms with van der Waals surface area (Å²) in [6.07, 6.45) is -9.64. The average Bonchev–Trinajstić information content (AvgIpc) is 1.82. The van der Waals surface area contributed by atoms with Crippen LogP contribution in [0.5, 0.6) is 0 Å². The van der Waals surface area contributed by atoms with E-state index < -0.39 is 24.9 Å². The molecule has 0 aliphatic heterocycles. The molecule has 3 nitrogen and oxygen atoms in total. The normalized spacial score (nSPS) is 12.8. The number of halogens is 4. The Morgan fingerprint density at radius 3 is 1.67 bits per heavy atom. The van der Waals surface area contributed by atoms with Crippen molar-refractivity contribution in [1.29, 1.82) is 0 Å². The summed E-state index contributed by atoms with van der Waals surface area (Å²) in [5.41, 5.74) is 0. The van der Waals surface area contributed by atoms with Gasteiger partial charge in [-0.3, -0.25) is 0 Å². The molecule has 2 N–H and O–H groups in total. The van der Waals surface area contributed by atoms with Crippen LogP contribution < -0.4 is 0 Å². The highest BCUT2D eigenvalue weighted by atomic mass is 19.4. The van der Waals surface area contributed by atoms with Crippen LogP contribution >= 0.6 is 0 Å². The van der Waals surface area contributed by atoms with Crippen LogP contribution in [0.2, 0.25) is 0 Å². The van der Waals surface area contributed by atoms with Gasteiger partial charge in [-0.1, -0.05) is 6.92 Å². The molecule has 0 aromatic carbocycles. The molecule has 0 fully saturated rings. The summed E-state index contributed by atoms with van der Waals surface area (Å²) >= 11 is 0. The van der Waals surface area contributed by atoms with Crippen LogP contribution in [0.4, 0.5) is 22.4 Å². The van der Waals surface area contributed by atoms with Crippen LogP contribution in [-0.4, -0.2) is 28.7 Å². The third-order valence-electron chi connectivity index (χ3n) is 0.714. The van der Waals surface area contributed by atoms with E-state index in [1.54, 1.807) is 0 Å². The molecule has 0 spiro atoms. The number of alkyl halides is 4. The Hall–Kier alpha value is -1.01. The van der Waals surface area contributed by atoms with Gasteiger partial charge < -0.3 is 10.2 Å². The Kier molecular flexibility index (Phi) is 6.35. The van der Waals surface area contributed by atoms with Crippen LogP contribution in [0.25, 0.3) is 0 Å². The van der Waals surface area contributed by atoms with Gasteiger partial charge in [-0.25, -0.2) is 9.18 Å². The predicted octanol–water partition coefficient (Wildman–Crippen LogP) is 2.52. The van der Waals surface area contributed by atoms with Gasteiger partial charge in [0.25, 0.3) is 0 Å². The van der Waals surface area contributed by atoms with E-state index in [-0.39, 0.29) is 0 Å². The molecule has 0 bridgehead atoms. The Bertz CT molecular complexity index is 129. The van der Waals surface area contributed by atoms with Gasteiger partial charge in [0.15, 0.2) is 6.17 Å². The zero-order valence-electron chi connectivity index (χ0n) is 6.10. The Morgan fingerprint density at radius 1 is 1.42 bits per heavy atom. The molecule has 1 atom stereocenters. The van der Waals surface area contributed by atoms with Crippen molar-refractivity contribution in [2.75, 3.05) is 0 Å². The minimum absolute atomic E-state index is 0.497. The zero-order valence-corrected chi connectivity index (χ0v) is 6.10. The van der Waals surface area contributed by atoms with Crippen molar-refractivity contribution in [2.45, 2.75) is 25.7 Å². The second-order valence-electron chi connectivity index (χ2n) is 1.70. The monoisotopic (exact) mass is 192 g/mol. The molecule has 0 rings (SSSR count). The fourth-order valence-corrected chi connectivity index (χ4v) is 0.231. The molecule has 0 aromatic heterocycles. The molecule has 0 saturated carbocycles. The molecule has 12 heavy (non-hydrogen) atoms. The van der Waals surface area contributed by atoms with E-state index in [0.717, 1.165) is 6.92 Å². The SMILES string of the molecule is CCC(F)C(F)(F)F.O=C(O)O. The van der Waals surface area contributed by atoms with Crippen LogP contribution in [0.3, 0.4) is 0 Å². The predicted molar refractivity (Wildman–Crippen MR) is 31.9 cm³/mol. The largest absolute Gasteiger partial charge is 0.503 e. The molecule has 0 amide bonds. The summed E-state index contributed by atoms with van der Waals surface area (Å²) < 4.78 is 44.7. The van der Waals surface area contributed by atoms with E-state index in [2.05, 4.69) is 0 Å². The highest BCUT2D eigenvalue weighted by Crippen LogP contribution is 2.24. The number of rotatable bonds is 1. The second kappa shape index (κ2) is 5.62. The van der Waals surface area contributed by atoms with E-state index in [1.165, 1.54) is 0 Å². The van der Waals surface area contributed by atoms with Gasteiger partial charge in [0.2, 0.25) is 0 Å². The summed E-state index contributed by atoms with van der Waals surface area (Å²) in [5.74, 6) is 0. The molecule has 74 valence electrons. The molecule has 0 aliphatic carbocycles. The molecule has 7 heteroatoms. The summed E-state index contributed by atoms with van der Waals surface area (Å²) in [4.78, 5) is 8.56. The van der Waals surface area contributed by atoms with E-state index in [4.69, 9.17) is 15.0 Å². The lowest BCUT2D eigenvalue weighted by Crippen LogP contribution is -2.22. The Balaban J connectivity index is 0. The quantitative estimate of drug-likeness (QED) is 0.627. The van der Waals surface area contributed by atoms with Crippen molar-refractivity contribution in [1.82, 2.24) is 0 Å². The zero-order chi connectivity index (χ0) is 10.4. The van der Waals surface area contributed by atoms with Crippen molar-refractivity contribution < 1.29 is 32.6 Å². The first-order valence-electron chi connectivity index (χ1n) is 2.84. The number of carbonyl (C=O) groups is 1. The van der Waals surface area contributed by atoms with Gasteiger partial charge in [-0.05, 0) is 6.42 Å². The van der Waals surface area contributed by atoms with Crippen LogP contribution in [-0.2, 0) is 0 Å².